The van der Waals surface area contributed by atoms with Gasteiger partial charge in [0.05, 0.1) is 29.9 Å². The number of nitrogens with one attached hydrogen (secondary N) is 2. The van der Waals surface area contributed by atoms with Gasteiger partial charge in [-0.3, -0.25) is 4.79 Å². The monoisotopic (exact) mass is 368 g/mol. The lowest BCUT2D eigenvalue weighted by molar-refractivity contribution is 0.102. The Bertz CT molecular complexity index is 871. The molecular weight excluding hydrogens is 351 g/mol. The molecular formula is C16H17FN2O5S. The smallest absolute Gasteiger partial charge is 0.258 e. The van der Waals surface area contributed by atoms with E-state index < -0.39 is 21.7 Å². The summed E-state index contributed by atoms with van der Waals surface area (Å²) in [5.41, 5.74) is -0.112. The van der Waals surface area contributed by atoms with Gasteiger partial charge in [-0.1, -0.05) is 12.1 Å². The Kier molecular flexibility index (Phi) is 6.07. The molecule has 0 aliphatic rings. The quantitative estimate of drug-likeness (QED) is 0.684. The molecule has 0 aliphatic heterocycles. The first-order valence-corrected chi connectivity index (χ1v) is 8.72. The van der Waals surface area contributed by atoms with Gasteiger partial charge in [0, 0.05) is 6.54 Å². The third-order valence-electron chi connectivity index (χ3n) is 3.25. The van der Waals surface area contributed by atoms with Gasteiger partial charge in [-0.15, -0.1) is 0 Å². The second-order valence-electron chi connectivity index (χ2n) is 4.92. The van der Waals surface area contributed by atoms with E-state index >= 15 is 0 Å². The zero-order valence-electron chi connectivity index (χ0n) is 13.3. The summed E-state index contributed by atoms with van der Waals surface area (Å²) in [6, 6.07) is 9.26. The Hall–Kier alpha value is -2.49. The van der Waals surface area contributed by atoms with E-state index in [9.17, 15) is 17.6 Å². The highest BCUT2D eigenvalue weighted by Gasteiger charge is 2.18. The molecule has 0 saturated carbocycles. The Morgan fingerprint density at radius 2 is 1.96 bits per heavy atom. The molecule has 25 heavy (non-hydrogen) atoms. The van der Waals surface area contributed by atoms with E-state index in [1.807, 2.05) is 0 Å². The van der Waals surface area contributed by atoms with E-state index in [2.05, 4.69) is 10.0 Å². The summed E-state index contributed by atoms with van der Waals surface area (Å²) in [5, 5.41) is 11.2. The van der Waals surface area contributed by atoms with Crippen LogP contribution in [0.4, 0.5) is 10.1 Å². The first kappa shape index (κ1) is 18.8. The number of rotatable bonds is 7. The van der Waals surface area contributed by atoms with Crippen molar-refractivity contribution < 1.29 is 27.4 Å². The van der Waals surface area contributed by atoms with Crippen molar-refractivity contribution in [3.8, 4) is 5.75 Å². The normalized spacial score (nSPS) is 11.2. The zero-order chi connectivity index (χ0) is 18.4. The second-order valence-corrected chi connectivity index (χ2v) is 6.68. The van der Waals surface area contributed by atoms with Crippen LogP contribution in [0, 0.1) is 5.82 Å². The second kappa shape index (κ2) is 8.06. The highest BCUT2D eigenvalue weighted by Crippen LogP contribution is 2.28. The SMILES string of the molecule is COc1ccc(S(=O)(=O)NCCO)cc1NC(=O)c1ccccc1F. The average molecular weight is 368 g/mol. The molecule has 0 spiro atoms. The predicted molar refractivity (Wildman–Crippen MR) is 89.6 cm³/mol. The number of benzene rings is 2. The molecule has 0 radical (unpaired) electrons. The van der Waals surface area contributed by atoms with Crippen LogP contribution >= 0.6 is 0 Å². The lowest BCUT2D eigenvalue weighted by Gasteiger charge is -2.13. The highest BCUT2D eigenvalue weighted by molar-refractivity contribution is 7.89. The fourth-order valence-electron chi connectivity index (χ4n) is 2.05. The third-order valence-corrected chi connectivity index (χ3v) is 4.71. The predicted octanol–water partition coefficient (Wildman–Crippen LogP) is 1.36. The van der Waals surface area contributed by atoms with Crippen molar-refractivity contribution >= 4 is 21.6 Å². The topological polar surface area (TPSA) is 105 Å². The molecule has 0 unspecified atom stereocenters. The van der Waals surface area contributed by atoms with Crippen LogP contribution in [0.25, 0.3) is 0 Å². The molecule has 0 saturated heterocycles. The number of ether oxygens (including phenoxy) is 1. The largest absolute Gasteiger partial charge is 0.495 e. The van der Waals surface area contributed by atoms with E-state index in [1.54, 1.807) is 0 Å². The molecule has 7 nitrogen and oxygen atoms in total. The summed E-state index contributed by atoms with van der Waals surface area (Å²) in [6.07, 6.45) is 0. The molecule has 2 aromatic carbocycles. The number of aliphatic hydroxyl groups excluding tert-OH is 1. The number of carbonyl (C=O) groups excluding carboxylic acids is 1. The maximum absolute atomic E-state index is 13.7. The van der Waals surface area contributed by atoms with Gasteiger partial charge in [-0.05, 0) is 30.3 Å². The molecule has 0 aliphatic carbocycles. The number of sulfonamides is 1. The molecule has 9 heteroatoms. The molecule has 0 fully saturated rings. The lowest BCUT2D eigenvalue weighted by atomic mass is 10.2. The van der Waals surface area contributed by atoms with Gasteiger partial charge < -0.3 is 15.2 Å². The van der Waals surface area contributed by atoms with Crippen molar-refractivity contribution in [2.75, 3.05) is 25.6 Å². The molecule has 0 heterocycles. The first-order valence-electron chi connectivity index (χ1n) is 7.23. The number of amides is 1. The molecule has 0 aromatic heterocycles. The summed E-state index contributed by atoms with van der Waals surface area (Å²) >= 11 is 0. The number of aliphatic hydroxyl groups is 1. The molecule has 2 aromatic rings. The maximum atomic E-state index is 13.7. The summed E-state index contributed by atoms with van der Waals surface area (Å²) in [7, 11) is -2.52. The number of methoxy groups -OCH3 is 1. The van der Waals surface area contributed by atoms with Crippen LogP contribution in [0.3, 0.4) is 0 Å². The molecule has 2 rings (SSSR count). The minimum Gasteiger partial charge on any atom is -0.495 e. The number of halogens is 1. The molecule has 0 bridgehead atoms. The van der Waals surface area contributed by atoms with Gasteiger partial charge >= 0.3 is 0 Å². The fourth-order valence-corrected chi connectivity index (χ4v) is 3.10. The number of hydrogen-bond donors (Lipinski definition) is 3. The van der Waals surface area contributed by atoms with Crippen molar-refractivity contribution in [3.63, 3.8) is 0 Å². The van der Waals surface area contributed by atoms with Crippen molar-refractivity contribution in [1.29, 1.82) is 0 Å². The fraction of sp³-hybridized carbons (Fsp3) is 0.188. The Morgan fingerprint density at radius 3 is 2.60 bits per heavy atom. The third kappa shape index (κ3) is 4.53. The Morgan fingerprint density at radius 1 is 1.24 bits per heavy atom. The summed E-state index contributed by atoms with van der Waals surface area (Å²) in [5.74, 6) is -1.23. The number of hydrogen-bond acceptors (Lipinski definition) is 5. The van der Waals surface area contributed by atoms with Gasteiger partial charge in [0.25, 0.3) is 5.91 Å². The molecule has 0 atom stereocenters. The van der Waals surface area contributed by atoms with Gasteiger partial charge in [0.2, 0.25) is 10.0 Å². The Labute approximate surface area is 144 Å². The van der Waals surface area contributed by atoms with Crippen LogP contribution in [0.2, 0.25) is 0 Å². The van der Waals surface area contributed by atoms with E-state index in [0.29, 0.717) is 0 Å². The lowest BCUT2D eigenvalue weighted by Crippen LogP contribution is -2.26. The first-order chi connectivity index (χ1) is 11.9. The van der Waals surface area contributed by atoms with Crippen LogP contribution in [0.15, 0.2) is 47.4 Å². The molecule has 1 amide bonds. The highest BCUT2D eigenvalue weighted by atomic mass is 32.2. The molecule has 134 valence electrons. The molecule has 3 N–H and O–H groups in total. The van der Waals surface area contributed by atoms with Crippen molar-refractivity contribution in [2.24, 2.45) is 0 Å². The maximum Gasteiger partial charge on any atom is 0.258 e. The van der Waals surface area contributed by atoms with Gasteiger partial charge in [-0.25, -0.2) is 17.5 Å². The standard InChI is InChI=1S/C16H17FN2O5S/c1-24-15-7-6-11(25(22,23)18-8-9-20)10-14(15)19-16(21)12-4-2-3-5-13(12)17/h2-7,10,18,20H,8-9H2,1H3,(H,19,21). The van der Waals surface area contributed by atoms with E-state index in [0.717, 1.165) is 6.07 Å². The van der Waals surface area contributed by atoms with Gasteiger partial charge in [0.15, 0.2) is 0 Å². The van der Waals surface area contributed by atoms with Crippen LogP contribution in [0.5, 0.6) is 5.75 Å². The number of anilines is 1. The number of carbonyl (C=O) groups is 1. The zero-order valence-corrected chi connectivity index (χ0v) is 14.1. The van der Waals surface area contributed by atoms with Crippen molar-refractivity contribution in [1.82, 2.24) is 4.72 Å². The minimum atomic E-state index is -3.87. The summed E-state index contributed by atoms with van der Waals surface area (Å²) < 4.78 is 45.2. The van der Waals surface area contributed by atoms with Crippen LogP contribution < -0.4 is 14.8 Å². The van der Waals surface area contributed by atoms with Crippen LogP contribution in [0.1, 0.15) is 10.4 Å². The van der Waals surface area contributed by atoms with E-state index in [1.165, 1.54) is 43.5 Å². The Balaban J connectivity index is 2.35. The van der Waals surface area contributed by atoms with E-state index in [4.69, 9.17) is 9.84 Å². The minimum absolute atomic E-state index is 0.0719. The summed E-state index contributed by atoms with van der Waals surface area (Å²) in [6.45, 7) is -0.502. The van der Waals surface area contributed by atoms with E-state index in [-0.39, 0.29) is 35.0 Å². The van der Waals surface area contributed by atoms with Gasteiger partial charge in [0.1, 0.15) is 11.6 Å². The average Bonchev–Trinajstić information content (AvgIpc) is 2.60. The van der Waals surface area contributed by atoms with Crippen molar-refractivity contribution in [3.05, 3.63) is 53.8 Å². The van der Waals surface area contributed by atoms with Crippen LogP contribution in [-0.4, -0.2) is 39.7 Å². The van der Waals surface area contributed by atoms with Gasteiger partial charge in [-0.2, -0.15) is 0 Å². The van der Waals surface area contributed by atoms with Crippen LogP contribution in [-0.2, 0) is 10.0 Å². The summed E-state index contributed by atoms with van der Waals surface area (Å²) in [4.78, 5) is 12.1. The van der Waals surface area contributed by atoms with Crippen molar-refractivity contribution in [2.45, 2.75) is 4.90 Å².